The lowest BCUT2D eigenvalue weighted by molar-refractivity contribution is 0.167. The number of likely N-dealkylation sites (tertiary alicyclic amines) is 1. The summed E-state index contributed by atoms with van der Waals surface area (Å²) in [5.74, 6) is 0.808. The van der Waals surface area contributed by atoms with E-state index in [9.17, 15) is 0 Å². The molecule has 0 aliphatic carbocycles. The summed E-state index contributed by atoms with van der Waals surface area (Å²) in [4.78, 5) is 7.13. The van der Waals surface area contributed by atoms with Crippen LogP contribution in [0.2, 0.25) is 0 Å². The van der Waals surface area contributed by atoms with Crippen LogP contribution in [0.25, 0.3) is 10.2 Å². The fourth-order valence-electron chi connectivity index (χ4n) is 3.19. The van der Waals surface area contributed by atoms with Crippen LogP contribution in [0.5, 0.6) is 0 Å². The molecule has 1 aromatic carbocycles. The molecule has 2 heterocycles. The van der Waals surface area contributed by atoms with E-state index in [2.05, 4.69) is 47.4 Å². The van der Waals surface area contributed by atoms with E-state index in [1.807, 2.05) is 0 Å². The Morgan fingerprint density at radius 3 is 3.10 bits per heavy atom. The maximum absolute atomic E-state index is 4.53. The quantitative estimate of drug-likeness (QED) is 0.933. The van der Waals surface area contributed by atoms with Crippen LogP contribution in [0.3, 0.4) is 0 Å². The summed E-state index contributed by atoms with van der Waals surface area (Å²) in [6, 6.07) is 6.73. The number of piperidine rings is 1. The molecule has 1 N–H and O–H groups in total. The topological polar surface area (TPSA) is 28.2 Å². The number of benzene rings is 1. The van der Waals surface area contributed by atoms with Gasteiger partial charge in [-0.05, 0) is 63.5 Å². The number of aromatic nitrogens is 1. The molecule has 0 bridgehead atoms. The van der Waals surface area contributed by atoms with Gasteiger partial charge in [-0.3, -0.25) is 4.90 Å². The van der Waals surface area contributed by atoms with Crippen molar-refractivity contribution in [1.29, 1.82) is 0 Å². The van der Waals surface area contributed by atoms with Gasteiger partial charge in [-0.25, -0.2) is 4.98 Å². The van der Waals surface area contributed by atoms with Crippen molar-refractivity contribution in [2.24, 2.45) is 5.92 Å². The third-order valence-corrected chi connectivity index (χ3v) is 5.00. The molecule has 0 spiro atoms. The average molecular weight is 326 g/mol. The Morgan fingerprint density at radius 1 is 1.43 bits per heavy atom. The molecule has 5 heteroatoms. The first-order valence-corrected chi connectivity index (χ1v) is 8.29. The van der Waals surface area contributed by atoms with Crippen molar-refractivity contribution in [3.63, 3.8) is 0 Å². The Morgan fingerprint density at radius 2 is 2.29 bits per heavy atom. The van der Waals surface area contributed by atoms with E-state index in [1.165, 1.54) is 36.2 Å². The van der Waals surface area contributed by atoms with Gasteiger partial charge in [-0.1, -0.05) is 6.07 Å². The molecule has 0 saturated carbocycles. The average Bonchev–Trinajstić information content (AvgIpc) is 2.79. The van der Waals surface area contributed by atoms with Gasteiger partial charge in [0.1, 0.15) is 0 Å². The molecule has 1 aliphatic heterocycles. The smallest absolute Gasteiger partial charge is 0.0907 e. The van der Waals surface area contributed by atoms with Crippen LogP contribution in [0.15, 0.2) is 18.2 Å². The van der Waals surface area contributed by atoms with Crippen LogP contribution in [0.4, 0.5) is 0 Å². The zero-order chi connectivity index (χ0) is 13.9. The Labute approximate surface area is 137 Å². The van der Waals surface area contributed by atoms with E-state index in [0.29, 0.717) is 0 Å². The van der Waals surface area contributed by atoms with Crippen molar-refractivity contribution >= 4 is 34.0 Å². The van der Waals surface area contributed by atoms with Crippen LogP contribution in [-0.4, -0.2) is 36.6 Å². The first-order valence-electron chi connectivity index (χ1n) is 7.47. The lowest BCUT2D eigenvalue weighted by Gasteiger charge is -2.32. The molecular formula is C16H24ClN3S. The molecule has 1 atom stereocenters. The summed E-state index contributed by atoms with van der Waals surface area (Å²) in [5, 5.41) is 4.47. The molecular weight excluding hydrogens is 302 g/mol. The van der Waals surface area contributed by atoms with Gasteiger partial charge in [0.2, 0.25) is 0 Å². The molecule has 1 aromatic heterocycles. The van der Waals surface area contributed by atoms with Gasteiger partial charge >= 0.3 is 0 Å². The van der Waals surface area contributed by atoms with Crippen LogP contribution in [-0.2, 0) is 6.54 Å². The predicted octanol–water partition coefficient (Wildman–Crippen LogP) is 3.46. The highest BCUT2D eigenvalue weighted by molar-refractivity contribution is 7.18. The van der Waals surface area contributed by atoms with Crippen molar-refractivity contribution in [2.75, 3.05) is 26.7 Å². The van der Waals surface area contributed by atoms with Crippen molar-refractivity contribution in [3.05, 3.63) is 28.8 Å². The number of aryl methyl sites for hydroxylation is 1. The second kappa shape index (κ2) is 7.54. The van der Waals surface area contributed by atoms with E-state index in [1.54, 1.807) is 11.3 Å². The minimum absolute atomic E-state index is 0. The molecule has 2 aromatic rings. The summed E-state index contributed by atoms with van der Waals surface area (Å²) in [7, 11) is 2.05. The molecule has 3 nitrogen and oxygen atoms in total. The summed E-state index contributed by atoms with van der Waals surface area (Å²) in [6.07, 6.45) is 2.69. The Hall–Kier alpha value is -0.680. The summed E-state index contributed by atoms with van der Waals surface area (Å²) in [6.45, 7) is 6.76. The number of rotatable bonds is 4. The molecule has 0 radical (unpaired) electrons. The zero-order valence-corrected chi connectivity index (χ0v) is 14.4. The van der Waals surface area contributed by atoms with Gasteiger partial charge in [0, 0.05) is 13.1 Å². The maximum Gasteiger partial charge on any atom is 0.0907 e. The number of nitrogens with zero attached hydrogens (tertiary/aromatic N) is 2. The zero-order valence-electron chi connectivity index (χ0n) is 12.8. The molecule has 1 aliphatic rings. The predicted molar refractivity (Wildman–Crippen MR) is 93.5 cm³/mol. The number of thiazole rings is 1. The van der Waals surface area contributed by atoms with Crippen LogP contribution in [0.1, 0.15) is 23.4 Å². The SMILES string of the molecule is CNCC1CCCN(Cc2ccc3nc(C)sc3c2)C1.Cl. The van der Waals surface area contributed by atoms with Crippen molar-refractivity contribution < 1.29 is 0 Å². The largest absolute Gasteiger partial charge is 0.319 e. The normalized spacial score (nSPS) is 19.6. The van der Waals surface area contributed by atoms with Crippen molar-refractivity contribution in [2.45, 2.75) is 26.3 Å². The summed E-state index contributed by atoms with van der Waals surface area (Å²) in [5.41, 5.74) is 2.56. The highest BCUT2D eigenvalue weighted by atomic mass is 35.5. The van der Waals surface area contributed by atoms with Crippen LogP contribution >= 0.6 is 23.7 Å². The maximum atomic E-state index is 4.53. The van der Waals surface area contributed by atoms with Gasteiger partial charge in [-0.2, -0.15) is 0 Å². The first kappa shape index (κ1) is 16.7. The van der Waals surface area contributed by atoms with Crippen molar-refractivity contribution in [1.82, 2.24) is 15.2 Å². The van der Waals surface area contributed by atoms with Gasteiger partial charge < -0.3 is 5.32 Å². The minimum atomic E-state index is 0. The highest BCUT2D eigenvalue weighted by Crippen LogP contribution is 2.24. The van der Waals surface area contributed by atoms with E-state index < -0.39 is 0 Å². The summed E-state index contributed by atoms with van der Waals surface area (Å²) < 4.78 is 1.32. The molecule has 116 valence electrons. The lowest BCUT2D eigenvalue weighted by atomic mass is 9.97. The molecule has 1 saturated heterocycles. The van der Waals surface area contributed by atoms with Crippen LogP contribution < -0.4 is 5.32 Å². The monoisotopic (exact) mass is 325 g/mol. The Balaban J connectivity index is 0.00000161. The Kier molecular flexibility index (Phi) is 5.99. The minimum Gasteiger partial charge on any atom is -0.319 e. The highest BCUT2D eigenvalue weighted by Gasteiger charge is 2.19. The molecule has 1 unspecified atom stereocenters. The van der Waals surface area contributed by atoms with Crippen LogP contribution in [0, 0.1) is 12.8 Å². The summed E-state index contributed by atoms with van der Waals surface area (Å²) >= 11 is 1.80. The standard InChI is InChI=1S/C16H23N3S.ClH/c1-12-18-15-6-5-13(8-16(15)20-12)10-19-7-3-4-14(11-19)9-17-2;/h5-6,8,14,17H,3-4,7,9-11H2,1-2H3;1H. The van der Waals surface area contributed by atoms with Gasteiger partial charge in [0.25, 0.3) is 0 Å². The van der Waals surface area contributed by atoms with E-state index in [0.717, 1.165) is 29.5 Å². The third kappa shape index (κ3) is 4.16. The fourth-order valence-corrected chi connectivity index (χ4v) is 4.08. The number of fused-ring (bicyclic) bond motifs is 1. The number of hydrogen-bond acceptors (Lipinski definition) is 4. The second-order valence-electron chi connectivity index (χ2n) is 5.84. The number of hydrogen-bond donors (Lipinski definition) is 1. The lowest BCUT2D eigenvalue weighted by Crippen LogP contribution is -2.38. The number of nitrogens with one attached hydrogen (secondary N) is 1. The number of halogens is 1. The van der Waals surface area contributed by atoms with E-state index >= 15 is 0 Å². The van der Waals surface area contributed by atoms with E-state index in [-0.39, 0.29) is 12.4 Å². The first-order chi connectivity index (χ1) is 9.74. The van der Waals surface area contributed by atoms with Gasteiger partial charge in [0.15, 0.2) is 0 Å². The molecule has 1 fully saturated rings. The fraction of sp³-hybridized carbons (Fsp3) is 0.562. The van der Waals surface area contributed by atoms with E-state index in [4.69, 9.17) is 0 Å². The Bertz CT molecular complexity index is 582. The second-order valence-corrected chi connectivity index (χ2v) is 7.07. The van der Waals surface area contributed by atoms with Gasteiger partial charge in [0.05, 0.1) is 15.2 Å². The third-order valence-electron chi connectivity index (χ3n) is 4.06. The molecule has 3 rings (SSSR count). The van der Waals surface area contributed by atoms with Gasteiger partial charge in [-0.15, -0.1) is 23.7 Å². The molecule has 21 heavy (non-hydrogen) atoms. The van der Waals surface area contributed by atoms with Crippen molar-refractivity contribution in [3.8, 4) is 0 Å². The molecule has 0 amide bonds.